The molecule has 1 N–H and O–H groups in total. The minimum absolute atomic E-state index is 0.294. The van der Waals surface area contributed by atoms with Crippen LogP contribution in [0.3, 0.4) is 0 Å². The summed E-state index contributed by atoms with van der Waals surface area (Å²) >= 11 is 9.20. The van der Waals surface area contributed by atoms with E-state index in [1.807, 2.05) is 14.1 Å². The zero-order chi connectivity index (χ0) is 11.4. The van der Waals surface area contributed by atoms with Crippen molar-refractivity contribution in [1.29, 1.82) is 0 Å². The lowest BCUT2D eigenvalue weighted by molar-refractivity contribution is 0.392. The predicted octanol–water partition coefficient (Wildman–Crippen LogP) is 2.25. The van der Waals surface area contributed by atoms with Crippen LogP contribution in [0, 0.1) is 0 Å². The molecule has 1 unspecified atom stereocenters. The Balaban J connectivity index is 2.68. The second-order valence-electron chi connectivity index (χ2n) is 3.63. The molecule has 1 heterocycles. The predicted molar refractivity (Wildman–Crippen MR) is 66.4 cm³/mol. The van der Waals surface area contributed by atoms with Crippen LogP contribution in [0.4, 0.5) is 5.82 Å². The van der Waals surface area contributed by atoms with Crippen molar-refractivity contribution in [3.63, 3.8) is 0 Å². The van der Waals surface area contributed by atoms with Crippen LogP contribution >= 0.6 is 27.5 Å². The van der Waals surface area contributed by atoms with Crippen LogP contribution < -0.4 is 5.32 Å². The number of nitrogens with one attached hydrogen (secondary N) is 1. The number of rotatable bonds is 4. The molecular weight excluding hydrogens is 279 g/mol. The fourth-order valence-corrected chi connectivity index (χ4v) is 1.73. The summed E-state index contributed by atoms with van der Waals surface area (Å²) in [7, 11) is 4.06. The number of aromatic nitrogens is 2. The summed E-state index contributed by atoms with van der Waals surface area (Å²) in [5.74, 6) is 0.726. The Morgan fingerprint density at radius 2 is 2.20 bits per heavy atom. The molecule has 0 amide bonds. The highest BCUT2D eigenvalue weighted by Gasteiger charge is 2.09. The molecular formula is C9H14BrClN4. The number of hydrogen-bond acceptors (Lipinski definition) is 4. The summed E-state index contributed by atoms with van der Waals surface area (Å²) in [4.78, 5) is 10.1. The third-order valence-electron chi connectivity index (χ3n) is 1.77. The molecule has 4 nitrogen and oxygen atoms in total. The number of nitrogens with zero attached hydrogens (tertiary/aromatic N) is 3. The molecule has 0 spiro atoms. The number of anilines is 1. The normalized spacial score (nSPS) is 12.9. The first-order valence-electron chi connectivity index (χ1n) is 4.58. The van der Waals surface area contributed by atoms with Crippen molar-refractivity contribution in [2.45, 2.75) is 13.0 Å². The third kappa shape index (κ3) is 3.93. The molecule has 1 atom stereocenters. The smallest absolute Gasteiger partial charge is 0.148 e. The van der Waals surface area contributed by atoms with Gasteiger partial charge in [-0.1, -0.05) is 11.6 Å². The zero-order valence-electron chi connectivity index (χ0n) is 8.96. The van der Waals surface area contributed by atoms with Crippen molar-refractivity contribution in [2.24, 2.45) is 0 Å². The molecule has 1 aromatic heterocycles. The molecule has 1 rings (SSSR count). The van der Waals surface area contributed by atoms with Gasteiger partial charge in [-0.05, 0) is 36.9 Å². The molecule has 0 aromatic carbocycles. The van der Waals surface area contributed by atoms with Crippen molar-refractivity contribution >= 4 is 33.3 Å². The van der Waals surface area contributed by atoms with Crippen LogP contribution in [0.25, 0.3) is 0 Å². The van der Waals surface area contributed by atoms with E-state index in [1.54, 1.807) is 0 Å². The van der Waals surface area contributed by atoms with E-state index in [1.165, 1.54) is 6.33 Å². The van der Waals surface area contributed by atoms with E-state index in [9.17, 15) is 0 Å². The Hall–Kier alpha value is -0.390. The van der Waals surface area contributed by atoms with Crippen molar-refractivity contribution in [3.05, 3.63) is 16.0 Å². The van der Waals surface area contributed by atoms with E-state index in [-0.39, 0.29) is 0 Å². The van der Waals surface area contributed by atoms with E-state index < -0.39 is 0 Å². The first kappa shape index (κ1) is 12.7. The first-order valence-corrected chi connectivity index (χ1v) is 5.75. The largest absolute Gasteiger partial charge is 0.365 e. The van der Waals surface area contributed by atoms with Gasteiger partial charge in [0.15, 0.2) is 0 Å². The fraction of sp³-hybridized carbons (Fsp3) is 0.556. The van der Waals surface area contributed by atoms with E-state index in [0.717, 1.165) is 12.4 Å². The minimum Gasteiger partial charge on any atom is -0.365 e. The quantitative estimate of drug-likeness (QED) is 0.865. The van der Waals surface area contributed by atoms with Gasteiger partial charge in [0.1, 0.15) is 17.3 Å². The maximum absolute atomic E-state index is 5.85. The summed E-state index contributed by atoms with van der Waals surface area (Å²) in [6, 6.07) is 0.294. The van der Waals surface area contributed by atoms with Crippen molar-refractivity contribution in [3.8, 4) is 0 Å². The average Bonchev–Trinajstić information content (AvgIpc) is 2.11. The second kappa shape index (κ2) is 5.63. The summed E-state index contributed by atoms with van der Waals surface area (Å²) in [6.45, 7) is 3.01. The summed E-state index contributed by atoms with van der Waals surface area (Å²) in [6.07, 6.45) is 1.44. The van der Waals surface area contributed by atoms with Gasteiger partial charge in [-0.2, -0.15) is 0 Å². The van der Waals surface area contributed by atoms with Crippen molar-refractivity contribution in [1.82, 2.24) is 14.9 Å². The lowest BCUT2D eigenvalue weighted by Gasteiger charge is -2.19. The Bertz CT molecular complexity index is 332. The van der Waals surface area contributed by atoms with Gasteiger partial charge in [-0.3, -0.25) is 0 Å². The maximum Gasteiger partial charge on any atom is 0.148 e. The summed E-state index contributed by atoms with van der Waals surface area (Å²) in [5.41, 5.74) is 0. The standard InChI is InChI=1S/C9H14BrClN4/c1-6(4-15(2)3)14-9-7(10)8(11)12-5-13-9/h5-6H,4H2,1-3H3,(H,12,13,14). The van der Waals surface area contributed by atoms with Gasteiger partial charge in [0.25, 0.3) is 0 Å². The van der Waals surface area contributed by atoms with E-state index >= 15 is 0 Å². The molecule has 0 aliphatic carbocycles. The van der Waals surface area contributed by atoms with Gasteiger partial charge in [-0.25, -0.2) is 9.97 Å². The molecule has 0 saturated carbocycles. The highest BCUT2D eigenvalue weighted by Crippen LogP contribution is 2.26. The maximum atomic E-state index is 5.85. The van der Waals surface area contributed by atoms with Gasteiger partial charge in [0, 0.05) is 12.6 Å². The SMILES string of the molecule is CC(CN(C)C)Nc1ncnc(Cl)c1Br. The van der Waals surface area contributed by atoms with Gasteiger partial charge in [0.2, 0.25) is 0 Å². The molecule has 0 radical (unpaired) electrons. The molecule has 0 aliphatic heterocycles. The fourth-order valence-electron chi connectivity index (χ4n) is 1.28. The van der Waals surface area contributed by atoms with E-state index in [2.05, 4.69) is 43.0 Å². The van der Waals surface area contributed by atoms with Crippen LogP contribution in [0.15, 0.2) is 10.8 Å². The lowest BCUT2D eigenvalue weighted by atomic mass is 10.3. The summed E-state index contributed by atoms with van der Waals surface area (Å²) < 4.78 is 0.706. The zero-order valence-corrected chi connectivity index (χ0v) is 11.3. The van der Waals surface area contributed by atoms with Crippen LogP contribution in [-0.2, 0) is 0 Å². The van der Waals surface area contributed by atoms with Crippen LogP contribution in [0.1, 0.15) is 6.92 Å². The molecule has 0 fully saturated rings. The molecule has 15 heavy (non-hydrogen) atoms. The molecule has 0 aliphatic rings. The molecule has 1 aromatic rings. The Morgan fingerprint density at radius 3 is 2.80 bits per heavy atom. The topological polar surface area (TPSA) is 41.0 Å². The number of halogens is 2. The van der Waals surface area contributed by atoms with Crippen LogP contribution in [-0.4, -0.2) is 41.5 Å². The Labute approximate surface area is 103 Å². The van der Waals surface area contributed by atoms with Crippen molar-refractivity contribution in [2.75, 3.05) is 26.0 Å². The Morgan fingerprint density at radius 1 is 1.53 bits per heavy atom. The molecule has 0 bridgehead atoms. The highest BCUT2D eigenvalue weighted by atomic mass is 79.9. The van der Waals surface area contributed by atoms with Crippen LogP contribution in [0.2, 0.25) is 5.15 Å². The van der Waals surface area contributed by atoms with E-state index in [0.29, 0.717) is 15.7 Å². The monoisotopic (exact) mass is 292 g/mol. The lowest BCUT2D eigenvalue weighted by Crippen LogP contribution is -2.30. The van der Waals surface area contributed by atoms with Crippen LogP contribution in [0.5, 0.6) is 0 Å². The highest BCUT2D eigenvalue weighted by molar-refractivity contribution is 9.10. The first-order chi connectivity index (χ1) is 7.00. The molecule has 84 valence electrons. The van der Waals surface area contributed by atoms with Gasteiger partial charge < -0.3 is 10.2 Å². The molecule has 0 saturated heterocycles. The number of likely N-dealkylation sites (N-methyl/N-ethyl adjacent to an activating group) is 1. The van der Waals surface area contributed by atoms with Crippen molar-refractivity contribution < 1.29 is 0 Å². The van der Waals surface area contributed by atoms with Gasteiger partial charge in [-0.15, -0.1) is 0 Å². The Kier molecular flexibility index (Phi) is 4.76. The average molecular weight is 294 g/mol. The molecule has 6 heteroatoms. The third-order valence-corrected chi connectivity index (χ3v) is 3.04. The minimum atomic E-state index is 0.294. The van der Waals surface area contributed by atoms with E-state index in [4.69, 9.17) is 11.6 Å². The second-order valence-corrected chi connectivity index (χ2v) is 4.79. The summed E-state index contributed by atoms with van der Waals surface area (Å²) in [5, 5.41) is 3.68. The van der Waals surface area contributed by atoms with Gasteiger partial charge >= 0.3 is 0 Å². The number of hydrogen-bond donors (Lipinski definition) is 1. The van der Waals surface area contributed by atoms with Gasteiger partial charge in [0.05, 0.1) is 4.47 Å².